The van der Waals surface area contributed by atoms with Gasteiger partial charge in [-0.3, -0.25) is 0 Å². The van der Waals surface area contributed by atoms with E-state index in [2.05, 4.69) is 23.1 Å². The zero-order chi connectivity index (χ0) is 19.1. The molecule has 0 amide bonds. The van der Waals surface area contributed by atoms with E-state index in [-0.39, 0.29) is 11.6 Å². The van der Waals surface area contributed by atoms with Gasteiger partial charge in [-0.15, -0.1) is 0 Å². The first kappa shape index (κ1) is 17.9. The van der Waals surface area contributed by atoms with Crippen LogP contribution in [0.2, 0.25) is 0 Å². The molecule has 0 bridgehead atoms. The van der Waals surface area contributed by atoms with Gasteiger partial charge in [-0.1, -0.05) is 29.8 Å². The number of nitrogens with one attached hydrogen (secondary N) is 1. The predicted octanol–water partition coefficient (Wildman–Crippen LogP) is 3.08. The van der Waals surface area contributed by atoms with Crippen LogP contribution in [0, 0.1) is 70.5 Å². The smallest absolute Gasteiger partial charge is 0.189 e. The van der Waals surface area contributed by atoms with Crippen molar-refractivity contribution in [2.75, 3.05) is 20.1 Å². The highest BCUT2D eigenvalue weighted by atomic mass is 15.1. The standard InChI is InChI=1S/C21H21N5/c1-13-4-5-15(14(2)8-13)19-18-10-26(3)7-6-16(18)17(9-22)20(25)21(19,11-23)12-24/h4-6,8,17-19,25H,7,10H2,1-3H3. The molecule has 1 fully saturated rings. The third-order valence-electron chi connectivity index (χ3n) is 5.73. The van der Waals surface area contributed by atoms with Crippen molar-refractivity contribution in [2.45, 2.75) is 19.8 Å². The SMILES string of the molecule is Cc1ccc(C2C3CN(C)CC=C3C(C#N)C(=N)C2(C#N)C#N)c(C)c1. The summed E-state index contributed by atoms with van der Waals surface area (Å²) in [7, 11) is 1.99. The van der Waals surface area contributed by atoms with Crippen LogP contribution >= 0.6 is 0 Å². The largest absolute Gasteiger partial charge is 0.305 e. The summed E-state index contributed by atoms with van der Waals surface area (Å²) in [6.45, 7) is 5.37. The average molecular weight is 343 g/mol. The first-order valence-electron chi connectivity index (χ1n) is 8.66. The van der Waals surface area contributed by atoms with Gasteiger partial charge in [0.2, 0.25) is 0 Å². The predicted molar refractivity (Wildman–Crippen MR) is 98.2 cm³/mol. The van der Waals surface area contributed by atoms with Crippen molar-refractivity contribution < 1.29 is 0 Å². The Kier molecular flexibility index (Phi) is 4.41. The Bertz CT molecular complexity index is 907. The number of hydrogen-bond acceptors (Lipinski definition) is 5. The number of nitriles is 3. The highest BCUT2D eigenvalue weighted by Gasteiger charge is 2.57. The van der Waals surface area contributed by atoms with Crippen molar-refractivity contribution in [2.24, 2.45) is 17.3 Å². The molecule has 5 nitrogen and oxygen atoms in total. The Labute approximate surface area is 154 Å². The van der Waals surface area contributed by atoms with Crippen LogP contribution in [0.15, 0.2) is 29.8 Å². The number of hydrogen-bond donors (Lipinski definition) is 1. The first-order chi connectivity index (χ1) is 12.4. The van der Waals surface area contributed by atoms with Gasteiger partial charge in [-0.05, 0) is 37.6 Å². The van der Waals surface area contributed by atoms with Crippen molar-refractivity contribution in [3.63, 3.8) is 0 Å². The van der Waals surface area contributed by atoms with E-state index in [1.54, 1.807) is 0 Å². The Morgan fingerprint density at radius 3 is 2.46 bits per heavy atom. The fourth-order valence-corrected chi connectivity index (χ4v) is 4.47. The van der Waals surface area contributed by atoms with E-state index in [4.69, 9.17) is 5.41 Å². The summed E-state index contributed by atoms with van der Waals surface area (Å²) in [5, 5.41) is 38.3. The third kappa shape index (κ3) is 2.43. The fraction of sp³-hybridized carbons (Fsp3) is 0.429. The highest BCUT2D eigenvalue weighted by molar-refractivity contribution is 6.00. The van der Waals surface area contributed by atoms with E-state index < -0.39 is 17.3 Å². The van der Waals surface area contributed by atoms with Crippen LogP contribution in [-0.4, -0.2) is 30.7 Å². The minimum Gasteiger partial charge on any atom is -0.305 e. The molecule has 0 saturated heterocycles. The van der Waals surface area contributed by atoms with Crippen molar-refractivity contribution in [1.29, 1.82) is 21.2 Å². The molecule has 1 aliphatic heterocycles. The van der Waals surface area contributed by atoms with Crippen molar-refractivity contribution >= 4 is 5.71 Å². The summed E-state index contributed by atoms with van der Waals surface area (Å²) < 4.78 is 0. The summed E-state index contributed by atoms with van der Waals surface area (Å²) in [5.74, 6) is -1.38. The summed E-state index contributed by atoms with van der Waals surface area (Å²) in [4.78, 5) is 2.13. The van der Waals surface area contributed by atoms with Gasteiger partial charge in [0.05, 0.1) is 23.9 Å². The van der Waals surface area contributed by atoms with Gasteiger partial charge in [0.15, 0.2) is 5.41 Å². The summed E-state index contributed by atoms with van der Waals surface area (Å²) >= 11 is 0. The maximum atomic E-state index is 10.0. The van der Waals surface area contributed by atoms with Crippen LogP contribution in [0.25, 0.3) is 0 Å². The molecule has 130 valence electrons. The van der Waals surface area contributed by atoms with Crippen molar-refractivity contribution in [3.05, 3.63) is 46.5 Å². The van der Waals surface area contributed by atoms with Crippen LogP contribution in [0.4, 0.5) is 0 Å². The quantitative estimate of drug-likeness (QED) is 0.792. The lowest BCUT2D eigenvalue weighted by Gasteiger charge is -2.47. The molecule has 3 unspecified atom stereocenters. The summed E-state index contributed by atoms with van der Waals surface area (Å²) in [6, 6.07) is 12.5. The van der Waals surface area contributed by atoms with Crippen LogP contribution in [0.5, 0.6) is 0 Å². The molecule has 1 aromatic rings. The van der Waals surface area contributed by atoms with Crippen LogP contribution < -0.4 is 0 Å². The lowest BCUT2D eigenvalue weighted by Crippen LogP contribution is -2.52. The molecule has 0 radical (unpaired) electrons. The molecule has 1 heterocycles. The number of likely N-dealkylation sites (N-methyl/N-ethyl adjacent to an activating group) is 1. The van der Waals surface area contributed by atoms with Gasteiger partial charge in [-0.25, -0.2) is 0 Å². The van der Waals surface area contributed by atoms with Crippen LogP contribution in [0.3, 0.4) is 0 Å². The van der Waals surface area contributed by atoms with E-state index in [9.17, 15) is 15.8 Å². The normalized spacial score (nSPS) is 27.5. The lowest BCUT2D eigenvalue weighted by molar-refractivity contribution is 0.234. The molecule has 3 atom stereocenters. The van der Waals surface area contributed by atoms with Gasteiger partial charge < -0.3 is 10.3 Å². The molecule has 1 aliphatic carbocycles. The second-order valence-corrected chi connectivity index (χ2v) is 7.38. The molecule has 0 aromatic heterocycles. The number of fused-ring (bicyclic) bond motifs is 1. The molecule has 5 heteroatoms. The van der Waals surface area contributed by atoms with Gasteiger partial charge in [0.1, 0.15) is 5.92 Å². The molecule has 1 saturated carbocycles. The van der Waals surface area contributed by atoms with E-state index in [0.717, 1.165) is 22.3 Å². The van der Waals surface area contributed by atoms with E-state index in [1.165, 1.54) is 0 Å². The second-order valence-electron chi connectivity index (χ2n) is 7.38. The number of aryl methyl sites for hydroxylation is 2. The molecule has 3 rings (SSSR count). The molecule has 26 heavy (non-hydrogen) atoms. The monoisotopic (exact) mass is 343 g/mol. The summed E-state index contributed by atoms with van der Waals surface area (Å²) in [6.07, 6.45) is 2.01. The molecule has 1 N–H and O–H groups in total. The fourth-order valence-electron chi connectivity index (χ4n) is 4.47. The Hall–Kier alpha value is -2.94. The number of benzene rings is 1. The second kappa shape index (κ2) is 6.41. The Balaban J connectivity index is 2.30. The third-order valence-corrected chi connectivity index (χ3v) is 5.73. The molecular formula is C21H21N5. The minimum atomic E-state index is -1.62. The van der Waals surface area contributed by atoms with Crippen molar-refractivity contribution in [3.8, 4) is 18.2 Å². The molecular weight excluding hydrogens is 322 g/mol. The molecule has 0 spiro atoms. The van der Waals surface area contributed by atoms with Gasteiger partial charge >= 0.3 is 0 Å². The summed E-state index contributed by atoms with van der Waals surface area (Å²) in [5.41, 5.74) is 2.24. The topological polar surface area (TPSA) is 98.5 Å². The van der Waals surface area contributed by atoms with E-state index in [0.29, 0.717) is 13.1 Å². The number of nitrogens with zero attached hydrogens (tertiary/aromatic N) is 4. The maximum Gasteiger partial charge on any atom is 0.189 e. The van der Waals surface area contributed by atoms with E-state index in [1.807, 2.05) is 45.2 Å². The van der Waals surface area contributed by atoms with Gasteiger partial charge in [0.25, 0.3) is 0 Å². The van der Waals surface area contributed by atoms with Crippen molar-refractivity contribution in [1.82, 2.24) is 4.90 Å². The highest BCUT2D eigenvalue weighted by Crippen LogP contribution is 2.53. The first-order valence-corrected chi connectivity index (χ1v) is 8.66. The van der Waals surface area contributed by atoms with Gasteiger partial charge in [0, 0.05) is 24.9 Å². The maximum absolute atomic E-state index is 10.0. The van der Waals surface area contributed by atoms with Crippen LogP contribution in [-0.2, 0) is 0 Å². The lowest BCUT2D eigenvalue weighted by atomic mass is 9.54. The zero-order valence-electron chi connectivity index (χ0n) is 15.2. The number of rotatable bonds is 1. The average Bonchev–Trinajstić information content (AvgIpc) is 2.62. The Morgan fingerprint density at radius 1 is 1.19 bits per heavy atom. The van der Waals surface area contributed by atoms with E-state index >= 15 is 0 Å². The zero-order valence-corrected chi connectivity index (χ0v) is 15.2. The minimum absolute atomic E-state index is 0.0815. The van der Waals surface area contributed by atoms with Gasteiger partial charge in [-0.2, -0.15) is 15.8 Å². The molecule has 2 aliphatic rings. The van der Waals surface area contributed by atoms with Crippen LogP contribution in [0.1, 0.15) is 22.6 Å². The Morgan fingerprint density at radius 2 is 1.88 bits per heavy atom. The molecule has 1 aromatic carbocycles.